The van der Waals surface area contributed by atoms with Gasteiger partial charge in [-0.3, -0.25) is 14.6 Å². The first kappa shape index (κ1) is 26.3. The molecular formula is C26H35BN4O5. The van der Waals surface area contributed by atoms with E-state index in [9.17, 15) is 9.59 Å². The monoisotopic (exact) mass is 494 g/mol. The van der Waals surface area contributed by atoms with Gasteiger partial charge in [-0.1, -0.05) is 30.3 Å². The van der Waals surface area contributed by atoms with E-state index in [4.69, 9.17) is 14.0 Å². The molecule has 2 heterocycles. The van der Waals surface area contributed by atoms with Gasteiger partial charge in [0.1, 0.15) is 11.7 Å². The Kier molecular flexibility index (Phi) is 7.77. The van der Waals surface area contributed by atoms with Crippen LogP contribution in [0.4, 0.5) is 0 Å². The maximum absolute atomic E-state index is 13.4. The molecule has 1 aromatic heterocycles. The largest absolute Gasteiger partial charge is 0.481 e. The molecule has 0 spiro atoms. The van der Waals surface area contributed by atoms with Crippen molar-refractivity contribution in [2.75, 3.05) is 13.7 Å². The molecule has 2 amide bonds. The highest BCUT2D eigenvalue weighted by Crippen LogP contribution is 2.51. The van der Waals surface area contributed by atoms with Gasteiger partial charge in [0.05, 0.1) is 29.9 Å². The predicted molar refractivity (Wildman–Crippen MR) is 135 cm³/mol. The Morgan fingerprint density at radius 2 is 1.81 bits per heavy atom. The number of rotatable bonds is 10. The zero-order valence-corrected chi connectivity index (χ0v) is 21.6. The molecule has 10 heteroatoms. The maximum atomic E-state index is 13.4. The summed E-state index contributed by atoms with van der Waals surface area (Å²) in [4.78, 5) is 33.9. The number of amides is 2. The fourth-order valence-corrected chi connectivity index (χ4v) is 4.52. The molecule has 1 aliphatic carbocycles. The normalized spacial score (nSPS) is 23.5. The Hall–Kier alpha value is -2.82. The van der Waals surface area contributed by atoms with Crippen molar-refractivity contribution in [1.29, 1.82) is 0 Å². The number of ether oxygens (including phenoxy) is 1. The summed E-state index contributed by atoms with van der Waals surface area (Å²) in [6.45, 7) is 7.97. The molecule has 1 aromatic carbocycles. The van der Waals surface area contributed by atoms with Crippen LogP contribution in [0.3, 0.4) is 0 Å². The fourth-order valence-electron chi connectivity index (χ4n) is 4.52. The van der Waals surface area contributed by atoms with Gasteiger partial charge in [-0.2, -0.15) is 0 Å². The second-order valence-corrected chi connectivity index (χ2v) is 10.6. The van der Waals surface area contributed by atoms with Crippen LogP contribution < -0.4 is 10.6 Å². The van der Waals surface area contributed by atoms with E-state index >= 15 is 0 Å². The zero-order valence-electron chi connectivity index (χ0n) is 21.6. The number of nitrogens with one attached hydrogen (secondary N) is 2. The smallest absolute Gasteiger partial charge is 0.402 e. The summed E-state index contributed by atoms with van der Waals surface area (Å²) in [5.74, 6) is -0.430. The molecule has 36 heavy (non-hydrogen) atoms. The number of nitrogens with zero attached hydrogens (tertiary/aromatic N) is 2. The Balaban J connectivity index is 1.48. The zero-order chi connectivity index (χ0) is 25.9. The number of carbonyl (C=O) groups excluding carboxylic acids is 2. The second kappa shape index (κ2) is 10.7. The van der Waals surface area contributed by atoms with Gasteiger partial charge in [-0.15, -0.1) is 0 Å². The standard InChI is InChI=1S/C26H35BN4O5/c1-25(2)26(3,4)36-27(35-25)22(14-18-13-19(18)17-9-7-6-8-10-17)31-24(33)21(16-34-5)30-23(32)20-15-28-11-12-29-20/h6-12,15,18-19,21-22H,13-14,16H2,1-5H3,(H,30,32)(H,31,33)/t18-,19-,21?,22?/m1/s1. The van der Waals surface area contributed by atoms with Crippen LogP contribution in [0.1, 0.15) is 62.5 Å². The minimum Gasteiger partial charge on any atom is -0.402 e. The highest BCUT2D eigenvalue weighted by Gasteiger charge is 2.55. The summed E-state index contributed by atoms with van der Waals surface area (Å²) in [6, 6.07) is 9.48. The Labute approximate surface area is 212 Å². The maximum Gasteiger partial charge on any atom is 0.481 e. The lowest BCUT2D eigenvalue weighted by Gasteiger charge is -2.32. The SMILES string of the molecule is COCC(NC(=O)c1cnccn1)C(=O)NC(C[C@H]1C[C@@H]1c1ccccc1)B1OC(C)(C)C(C)(C)O1. The summed E-state index contributed by atoms with van der Waals surface area (Å²) in [5.41, 5.74) is 0.359. The third-order valence-electron chi connectivity index (χ3n) is 7.39. The van der Waals surface area contributed by atoms with Crippen LogP contribution in [-0.2, 0) is 18.8 Å². The predicted octanol–water partition coefficient (Wildman–Crippen LogP) is 2.53. The topological polar surface area (TPSA) is 112 Å². The molecule has 1 saturated heterocycles. The molecule has 0 bridgehead atoms. The summed E-state index contributed by atoms with van der Waals surface area (Å²) in [7, 11) is 0.865. The number of hydrogen-bond donors (Lipinski definition) is 2. The fraction of sp³-hybridized carbons (Fsp3) is 0.538. The summed E-state index contributed by atoms with van der Waals surface area (Å²) >= 11 is 0. The van der Waals surface area contributed by atoms with Gasteiger partial charge in [0.25, 0.3) is 5.91 Å². The summed E-state index contributed by atoms with van der Waals surface area (Å²) < 4.78 is 17.9. The first-order valence-corrected chi connectivity index (χ1v) is 12.4. The van der Waals surface area contributed by atoms with Crippen LogP contribution in [0, 0.1) is 5.92 Å². The van der Waals surface area contributed by atoms with E-state index in [-0.39, 0.29) is 18.2 Å². The second-order valence-electron chi connectivity index (χ2n) is 10.6. The van der Waals surface area contributed by atoms with Crippen molar-refractivity contribution in [3.63, 3.8) is 0 Å². The summed E-state index contributed by atoms with van der Waals surface area (Å²) in [6.07, 6.45) is 5.99. The number of benzene rings is 1. The summed E-state index contributed by atoms with van der Waals surface area (Å²) in [5, 5.41) is 5.81. The molecule has 192 valence electrons. The Morgan fingerprint density at radius 3 is 2.42 bits per heavy atom. The Morgan fingerprint density at radius 1 is 1.11 bits per heavy atom. The van der Waals surface area contributed by atoms with Gasteiger partial charge >= 0.3 is 7.12 Å². The average molecular weight is 494 g/mol. The van der Waals surface area contributed by atoms with Crippen LogP contribution in [0.5, 0.6) is 0 Å². The molecular weight excluding hydrogens is 459 g/mol. The van der Waals surface area contributed by atoms with E-state index in [1.807, 2.05) is 45.9 Å². The first-order chi connectivity index (χ1) is 17.1. The lowest BCUT2D eigenvalue weighted by atomic mass is 9.74. The lowest BCUT2D eigenvalue weighted by Crippen LogP contribution is -2.56. The van der Waals surface area contributed by atoms with E-state index < -0.39 is 36.2 Å². The van der Waals surface area contributed by atoms with Crippen molar-refractivity contribution in [3.8, 4) is 0 Å². The first-order valence-electron chi connectivity index (χ1n) is 12.4. The molecule has 2 aromatic rings. The van der Waals surface area contributed by atoms with Crippen molar-refractivity contribution in [3.05, 3.63) is 60.2 Å². The van der Waals surface area contributed by atoms with E-state index in [2.05, 4.69) is 32.7 Å². The van der Waals surface area contributed by atoms with Crippen LogP contribution in [0.2, 0.25) is 0 Å². The number of methoxy groups -OCH3 is 1. The van der Waals surface area contributed by atoms with Crippen molar-refractivity contribution in [2.45, 2.75) is 69.6 Å². The van der Waals surface area contributed by atoms with Gasteiger partial charge in [0.2, 0.25) is 5.91 Å². The van der Waals surface area contributed by atoms with Crippen molar-refractivity contribution < 1.29 is 23.6 Å². The van der Waals surface area contributed by atoms with E-state index in [0.717, 1.165) is 6.42 Å². The minimum absolute atomic E-state index is 0.00396. The van der Waals surface area contributed by atoms with Gasteiger partial charge < -0.3 is 24.7 Å². The van der Waals surface area contributed by atoms with E-state index in [1.165, 1.54) is 31.3 Å². The highest BCUT2D eigenvalue weighted by atomic mass is 16.7. The number of hydrogen-bond acceptors (Lipinski definition) is 7. The van der Waals surface area contributed by atoms with Gasteiger partial charge in [0.15, 0.2) is 0 Å². The van der Waals surface area contributed by atoms with Crippen LogP contribution in [0.25, 0.3) is 0 Å². The minimum atomic E-state index is -0.918. The van der Waals surface area contributed by atoms with Crippen LogP contribution in [0.15, 0.2) is 48.9 Å². The lowest BCUT2D eigenvalue weighted by molar-refractivity contribution is -0.124. The van der Waals surface area contributed by atoms with Crippen molar-refractivity contribution in [2.24, 2.45) is 5.92 Å². The third-order valence-corrected chi connectivity index (χ3v) is 7.39. The number of aromatic nitrogens is 2. The molecule has 2 unspecified atom stereocenters. The Bertz CT molecular complexity index is 1040. The van der Waals surface area contributed by atoms with Gasteiger partial charge in [-0.05, 0) is 57.9 Å². The molecule has 4 atom stereocenters. The quantitative estimate of drug-likeness (QED) is 0.489. The van der Waals surface area contributed by atoms with E-state index in [0.29, 0.717) is 18.3 Å². The average Bonchev–Trinajstić information content (AvgIpc) is 3.58. The van der Waals surface area contributed by atoms with E-state index in [1.54, 1.807) is 0 Å². The number of carbonyl (C=O) groups is 2. The molecule has 2 aliphatic rings. The van der Waals surface area contributed by atoms with Crippen LogP contribution >= 0.6 is 0 Å². The third kappa shape index (κ3) is 5.94. The molecule has 4 rings (SSSR count). The van der Waals surface area contributed by atoms with Crippen molar-refractivity contribution in [1.82, 2.24) is 20.6 Å². The molecule has 1 saturated carbocycles. The molecule has 1 aliphatic heterocycles. The molecule has 0 radical (unpaired) electrons. The van der Waals surface area contributed by atoms with Crippen LogP contribution in [-0.4, -0.2) is 65.8 Å². The van der Waals surface area contributed by atoms with Gasteiger partial charge in [-0.25, -0.2) is 4.98 Å². The van der Waals surface area contributed by atoms with Gasteiger partial charge in [0, 0.05) is 19.5 Å². The molecule has 2 N–H and O–H groups in total. The molecule has 2 fully saturated rings. The molecule has 9 nitrogen and oxygen atoms in total. The van der Waals surface area contributed by atoms with Crippen molar-refractivity contribution >= 4 is 18.9 Å². The highest BCUT2D eigenvalue weighted by molar-refractivity contribution is 6.48.